The van der Waals surface area contributed by atoms with Gasteiger partial charge in [-0.3, -0.25) is 4.79 Å². The van der Waals surface area contributed by atoms with E-state index in [1.165, 1.54) is 0 Å². The first-order valence-corrected chi connectivity index (χ1v) is 6.35. The van der Waals surface area contributed by atoms with Gasteiger partial charge in [0.2, 0.25) is 0 Å². The molecule has 0 bridgehead atoms. The van der Waals surface area contributed by atoms with Crippen molar-refractivity contribution >= 4 is 22.6 Å². The van der Waals surface area contributed by atoms with Crippen molar-refractivity contribution in [2.45, 2.75) is 26.3 Å². The van der Waals surface area contributed by atoms with E-state index in [1.54, 1.807) is 4.57 Å². The van der Waals surface area contributed by atoms with Gasteiger partial charge in [-0.1, -0.05) is 18.2 Å². The number of hydrogen-bond acceptors (Lipinski definition) is 2. The zero-order chi connectivity index (χ0) is 14.9. The molecule has 5 N–H and O–H groups in total. The van der Waals surface area contributed by atoms with E-state index in [0.29, 0.717) is 11.1 Å². The van der Waals surface area contributed by atoms with Crippen LogP contribution in [0.2, 0.25) is 0 Å². The molecule has 0 aliphatic rings. The van der Waals surface area contributed by atoms with E-state index < -0.39 is 5.91 Å². The molecular formula is C14H18N4O2. The molecule has 0 fully saturated rings. The second-order valence-corrected chi connectivity index (χ2v) is 4.89. The molecule has 0 saturated carbocycles. The summed E-state index contributed by atoms with van der Waals surface area (Å²) in [7, 11) is 0. The minimum atomic E-state index is -0.435. The van der Waals surface area contributed by atoms with E-state index in [-0.39, 0.29) is 24.3 Å². The lowest BCUT2D eigenvalue weighted by Gasteiger charge is -2.13. The van der Waals surface area contributed by atoms with Gasteiger partial charge in [-0.15, -0.1) is 0 Å². The van der Waals surface area contributed by atoms with Gasteiger partial charge in [0.05, 0.1) is 6.42 Å². The van der Waals surface area contributed by atoms with Crippen LogP contribution in [0.15, 0.2) is 29.3 Å². The Bertz CT molecular complexity index is 682. The zero-order valence-corrected chi connectivity index (χ0v) is 11.5. The van der Waals surface area contributed by atoms with Crippen molar-refractivity contribution in [2.75, 3.05) is 0 Å². The third kappa shape index (κ3) is 2.45. The van der Waals surface area contributed by atoms with E-state index in [2.05, 4.69) is 4.99 Å². The monoisotopic (exact) mass is 274 g/mol. The number of amides is 1. The lowest BCUT2D eigenvalue weighted by molar-refractivity contribution is -0.117. The fraction of sp³-hybridized carbons (Fsp3) is 0.286. The molecule has 0 spiro atoms. The van der Waals surface area contributed by atoms with Crippen molar-refractivity contribution in [3.63, 3.8) is 0 Å². The Balaban J connectivity index is 2.58. The molecular weight excluding hydrogens is 256 g/mol. The Morgan fingerprint density at radius 2 is 1.90 bits per heavy atom. The number of rotatable bonds is 3. The molecule has 1 heterocycles. The molecule has 1 amide bonds. The van der Waals surface area contributed by atoms with Gasteiger partial charge < -0.3 is 21.1 Å². The van der Waals surface area contributed by atoms with Gasteiger partial charge in [0.25, 0.3) is 5.91 Å². The standard InChI is InChI=1S/C14H18N4O2/c1-8(2)18-11(7-12(19)17-14(15)16)9-5-3-4-6-10(9)13(18)20/h3-6,8,20H,7H2,1-2H3,(H4,15,16,17,19). The van der Waals surface area contributed by atoms with E-state index in [0.717, 1.165) is 5.39 Å². The lowest BCUT2D eigenvalue weighted by atomic mass is 10.1. The number of carbonyl (C=O) groups is 1. The average Bonchev–Trinajstić information content (AvgIpc) is 2.62. The first kappa shape index (κ1) is 13.9. The van der Waals surface area contributed by atoms with E-state index in [9.17, 15) is 9.90 Å². The van der Waals surface area contributed by atoms with Gasteiger partial charge in [-0.2, -0.15) is 4.99 Å². The molecule has 20 heavy (non-hydrogen) atoms. The summed E-state index contributed by atoms with van der Waals surface area (Å²) in [5.74, 6) is -0.538. The van der Waals surface area contributed by atoms with Crippen LogP contribution >= 0.6 is 0 Å². The van der Waals surface area contributed by atoms with Crippen LogP contribution in [-0.4, -0.2) is 21.5 Å². The zero-order valence-electron chi connectivity index (χ0n) is 11.5. The highest BCUT2D eigenvalue weighted by atomic mass is 16.3. The number of fused-ring (bicyclic) bond motifs is 1. The van der Waals surface area contributed by atoms with Crippen LogP contribution in [0, 0.1) is 0 Å². The van der Waals surface area contributed by atoms with Crippen LogP contribution in [0.1, 0.15) is 25.6 Å². The highest BCUT2D eigenvalue weighted by Crippen LogP contribution is 2.34. The summed E-state index contributed by atoms with van der Waals surface area (Å²) in [5, 5.41) is 11.8. The highest BCUT2D eigenvalue weighted by molar-refractivity contribution is 5.97. The normalized spacial score (nSPS) is 10.9. The maximum absolute atomic E-state index is 11.8. The number of nitrogens with two attached hydrogens (primary N) is 2. The van der Waals surface area contributed by atoms with Gasteiger partial charge in [-0.25, -0.2) is 0 Å². The summed E-state index contributed by atoms with van der Waals surface area (Å²) in [4.78, 5) is 15.3. The molecule has 1 aromatic heterocycles. The number of carbonyl (C=O) groups excluding carboxylic acids is 1. The number of nitrogens with zero attached hydrogens (tertiary/aromatic N) is 2. The fourth-order valence-corrected chi connectivity index (χ4v) is 2.38. The molecule has 1 aromatic carbocycles. The number of aromatic nitrogens is 1. The van der Waals surface area contributed by atoms with Crippen LogP contribution in [0.25, 0.3) is 10.8 Å². The van der Waals surface area contributed by atoms with E-state index in [1.807, 2.05) is 38.1 Å². The topological polar surface area (TPSA) is 107 Å². The van der Waals surface area contributed by atoms with Crippen LogP contribution in [-0.2, 0) is 11.2 Å². The molecule has 2 aromatic rings. The van der Waals surface area contributed by atoms with Gasteiger partial charge >= 0.3 is 0 Å². The molecule has 0 radical (unpaired) electrons. The maximum Gasteiger partial charge on any atom is 0.254 e. The Labute approximate surface area is 116 Å². The van der Waals surface area contributed by atoms with Crippen molar-refractivity contribution in [3.8, 4) is 5.88 Å². The van der Waals surface area contributed by atoms with Crippen LogP contribution in [0.3, 0.4) is 0 Å². The van der Waals surface area contributed by atoms with Crippen LogP contribution in [0.4, 0.5) is 0 Å². The quantitative estimate of drug-likeness (QED) is 0.578. The Morgan fingerprint density at radius 1 is 1.30 bits per heavy atom. The number of hydrogen-bond donors (Lipinski definition) is 3. The first-order valence-electron chi connectivity index (χ1n) is 6.35. The smallest absolute Gasteiger partial charge is 0.254 e. The fourth-order valence-electron chi connectivity index (χ4n) is 2.38. The van der Waals surface area contributed by atoms with Gasteiger partial charge in [0.1, 0.15) is 0 Å². The molecule has 106 valence electrons. The Hall–Kier alpha value is -2.50. The third-order valence-corrected chi connectivity index (χ3v) is 3.09. The summed E-state index contributed by atoms with van der Waals surface area (Å²) in [6.07, 6.45) is 0.0388. The predicted molar refractivity (Wildman–Crippen MR) is 78.5 cm³/mol. The second kappa shape index (κ2) is 5.24. The number of aliphatic imine (C=N–C) groups is 1. The molecule has 6 heteroatoms. The second-order valence-electron chi connectivity index (χ2n) is 4.89. The van der Waals surface area contributed by atoms with Crippen LogP contribution in [0.5, 0.6) is 5.88 Å². The number of benzene rings is 1. The summed E-state index contributed by atoms with van der Waals surface area (Å²) >= 11 is 0. The molecule has 6 nitrogen and oxygen atoms in total. The molecule has 0 aliphatic carbocycles. The Morgan fingerprint density at radius 3 is 2.45 bits per heavy atom. The number of aromatic hydroxyl groups is 1. The van der Waals surface area contributed by atoms with E-state index in [4.69, 9.17) is 11.5 Å². The van der Waals surface area contributed by atoms with E-state index >= 15 is 0 Å². The minimum Gasteiger partial charge on any atom is -0.494 e. The maximum atomic E-state index is 11.8. The Kier molecular flexibility index (Phi) is 3.65. The van der Waals surface area contributed by atoms with Crippen LogP contribution < -0.4 is 11.5 Å². The van der Waals surface area contributed by atoms with Crippen molar-refractivity contribution in [2.24, 2.45) is 16.5 Å². The average molecular weight is 274 g/mol. The van der Waals surface area contributed by atoms with Gasteiger partial charge in [0, 0.05) is 22.5 Å². The largest absolute Gasteiger partial charge is 0.494 e. The van der Waals surface area contributed by atoms with Crippen molar-refractivity contribution in [1.29, 1.82) is 0 Å². The van der Waals surface area contributed by atoms with Crippen molar-refractivity contribution in [1.82, 2.24) is 4.57 Å². The summed E-state index contributed by atoms with van der Waals surface area (Å²) in [5.41, 5.74) is 11.1. The first-order chi connectivity index (χ1) is 9.41. The summed E-state index contributed by atoms with van der Waals surface area (Å²) in [6, 6.07) is 7.41. The third-order valence-electron chi connectivity index (χ3n) is 3.09. The van der Waals surface area contributed by atoms with Gasteiger partial charge in [0.15, 0.2) is 11.8 Å². The van der Waals surface area contributed by atoms with Crippen molar-refractivity contribution in [3.05, 3.63) is 30.0 Å². The van der Waals surface area contributed by atoms with Gasteiger partial charge in [-0.05, 0) is 19.9 Å². The minimum absolute atomic E-state index is 0.0180. The molecule has 2 rings (SSSR count). The highest BCUT2D eigenvalue weighted by Gasteiger charge is 2.19. The molecule has 0 saturated heterocycles. The molecule has 0 unspecified atom stereocenters. The number of guanidine groups is 1. The van der Waals surface area contributed by atoms with Crippen molar-refractivity contribution < 1.29 is 9.90 Å². The lowest BCUT2D eigenvalue weighted by Crippen LogP contribution is -2.24. The molecule has 0 aliphatic heterocycles. The summed E-state index contributed by atoms with van der Waals surface area (Å²) in [6.45, 7) is 3.88. The molecule has 0 atom stereocenters. The predicted octanol–water partition coefficient (Wildman–Crippen LogP) is 1.27. The SMILES string of the molecule is CC(C)n1c(O)c2ccccc2c1CC(=O)N=C(N)N. The summed E-state index contributed by atoms with van der Waals surface area (Å²) < 4.78 is 1.73.